The number of anilines is 2. The monoisotopic (exact) mass is 381 g/mol. The molecule has 0 unspecified atom stereocenters. The number of carbonyl (C=O) groups excluding carboxylic acids is 2. The summed E-state index contributed by atoms with van der Waals surface area (Å²) in [5, 5.41) is 5.95. The topological polar surface area (TPSA) is 70.7 Å². The number of hydrogen-bond donors (Lipinski definition) is 2. The van der Waals surface area contributed by atoms with Gasteiger partial charge >= 0.3 is 0 Å². The van der Waals surface area contributed by atoms with E-state index in [4.69, 9.17) is 4.74 Å². The number of carbonyl (C=O) groups is 2. The fourth-order valence-corrected chi connectivity index (χ4v) is 2.49. The molecule has 0 aliphatic heterocycles. The Labute approximate surface area is 166 Å². The molecule has 0 fully saturated rings. The van der Waals surface area contributed by atoms with E-state index in [1.54, 1.807) is 25.1 Å². The molecule has 2 aromatic carbocycles. The number of hydrogen-bond acceptors (Lipinski definition) is 4. The van der Waals surface area contributed by atoms with Crippen LogP contribution >= 0.6 is 0 Å². The molecule has 28 heavy (non-hydrogen) atoms. The van der Waals surface area contributed by atoms with Gasteiger partial charge in [0.2, 0.25) is 11.8 Å². The van der Waals surface area contributed by atoms with Gasteiger partial charge in [-0.25, -0.2) is 0 Å². The average molecular weight is 381 g/mol. The van der Waals surface area contributed by atoms with Crippen molar-refractivity contribution in [2.45, 2.75) is 12.8 Å². The molecule has 0 aromatic heterocycles. The van der Waals surface area contributed by atoms with Crippen molar-refractivity contribution in [2.75, 3.05) is 37.9 Å². The lowest BCUT2D eigenvalue weighted by molar-refractivity contribution is -0.128. The third-order valence-corrected chi connectivity index (χ3v) is 4.01. The first-order valence-corrected chi connectivity index (χ1v) is 9.14. The van der Waals surface area contributed by atoms with Crippen molar-refractivity contribution in [1.29, 1.82) is 0 Å². The van der Waals surface area contributed by atoms with Crippen molar-refractivity contribution in [2.24, 2.45) is 0 Å². The summed E-state index contributed by atoms with van der Waals surface area (Å²) in [6, 6.07) is 14.9. The van der Waals surface area contributed by atoms with Crippen LogP contribution in [0.1, 0.15) is 12.0 Å². The number of nitrogens with one attached hydrogen (secondary N) is 2. The molecule has 6 nitrogen and oxygen atoms in total. The highest BCUT2D eigenvalue weighted by Gasteiger charge is 2.06. The summed E-state index contributed by atoms with van der Waals surface area (Å²) in [6.45, 7) is 4.21. The lowest BCUT2D eigenvalue weighted by Gasteiger charge is -2.11. The molecule has 0 saturated carbocycles. The summed E-state index contributed by atoms with van der Waals surface area (Å²) in [5.41, 5.74) is 2.56. The van der Waals surface area contributed by atoms with Gasteiger partial charge in [-0.3, -0.25) is 9.59 Å². The van der Waals surface area contributed by atoms with Gasteiger partial charge in [-0.2, -0.15) is 0 Å². The quantitative estimate of drug-likeness (QED) is 0.620. The van der Waals surface area contributed by atoms with Crippen LogP contribution in [0.25, 0.3) is 0 Å². The molecule has 0 heterocycles. The number of aryl methyl sites for hydroxylation is 1. The van der Waals surface area contributed by atoms with E-state index in [1.165, 1.54) is 0 Å². The molecule has 2 N–H and O–H groups in total. The SMILES string of the molecule is C=CCOc1ccc(NCC(=O)Nc2cccc(CCC(=O)N(C)C)c2)cc1. The molecule has 0 saturated heterocycles. The highest BCUT2D eigenvalue weighted by molar-refractivity contribution is 5.93. The maximum atomic E-state index is 12.2. The van der Waals surface area contributed by atoms with Gasteiger partial charge in [0, 0.05) is 31.9 Å². The van der Waals surface area contributed by atoms with E-state index >= 15 is 0 Å². The number of nitrogens with zero attached hydrogens (tertiary/aromatic N) is 1. The Hall–Kier alpha value is -3.28. The van der Waals surface area contributed by atoms with Crippen molar-refractivity contribution in [3.8, 4) is 5.75 Å². The van der Waals surface area contributed by atoms with Crippen LogP contribution in [0.3, 0.4) is 0 Å². The number of benzene rings is 2. The first-order valence-electron chi connectivity index (χ1n) is 9.14. The minimum Gasteiger partial charge on any atom is -0.490 e. The van der Waals surface area contributed by atoms with E-state index in [0.29, 0.717) is 19.4 Å². The van der Waals surface area contributed by atoms with Crippen LogP contribution in [-0.4, -0.2) is 44.0 Å². The van der Waals surface area contributed by atoms with Crippen molar-refractivity contribution in [3.05, 3.63) is 66.7 Å². The number of rotatable bonds is 10. The zero-order chi connectivity index (χ0) is 20.4. The first-order chi connectivity index (χ1) is 13.5. The Morgan fingerprint density at radius 2 is 1.86 bits per heavy atom. The van der Waals surface area contributed by atoms with E-state index in [-0.39, 0.29) is 18.4 Å². The summed E-state index contributed by atoms with van der Waals surface area (Å²) >= 11 is 0. The first kappa shape index (κ1) is 21.0. The van der Waals surface area contributed by atoms with Crippen LogP contribution in [0.2, 0.25) is 0 Å². The van der Waals surface area contributed by atoms with E-state index in [2.05, 4.69) is 17.2 Å². The van der Waals surface area contributed by atoms with Gasteiger partial charge in [-0.15, -0.1) is 0 Å². The van der Waals surface area contributed by atoms with E-state index in [9.17, 15) is 9.59 Å². The third-order valence-electron chi connectivity index (χ3n) is 4.01. The predicted molar refractivity (Wildman–Crippen MR) is 113 cm³/mol. The largest absolute Gasteiger partial charge is 0.490 e. The standard InChI is InChI=1S/C22H27N3O3/c1-4-14-28-20-11-9-18(10-12-20)23-16-21(26)24-19-7-5-6-17(15-19)8-13-22(27)25(2)3/h4-7,9-12,15,23H,1,8,13-14,16H2,2-3H3,(H,24,26). The third kappa shape index (κ3) is 7.15. The highest BCUT2D eigenvalue weighted by atomic mass is 16.5. The molecule has 0 atom stereocenters. The molecule has 0 aliphatic carbocycles. The summed E-state index contributed by atoms with van der Waals surface area (Å²) in [6.07, 6.45) is 2.77. The number of amides is 2. The molecular formula is C22H27N3O3. The van der Waals surface area contributed by atoms with Crippen molar-refractivity contribution in [3.63, 3.8) is 0 Å². The molecule has 6 heteroatoms. The summed E-state index contributed by atoms with van der Waals surface area (Å²) in [7, 11) is 3.49. The van der Waals surface area contributed by atoms with Gasteiger partial charge in [0.15, 0.2) is 0 Å². The molecule has 2 amide bonds. The Kier molecular flexibility index (Phi) is 8.09. The van der Waals surface area contributed by atoms with Crippen LogP contribution in [-0.2, 0) is 16.0 Å². The van der Waals surface area contributed by atoms with Gasteiger partial charge in [0.25, 0.3) is 0 Å². The van der Waals surface area contributed by atoms with Crippen molar-refractivity contribution < 1.29 is 14.3 Å². The van der Waals surface area contributed by atoms with Gasteiger partial charge < -0.3 is 20.3 Å². The maximum absolute atomic E-state index is 12.2. The van der Waals surface area contributed by atoms with Crippen molar-refractivity contribution in [1.82, 2.24) is 4.90 Å². The zero-order valence-corrected chi connectivity index (χ0v) is 16.4. The Bertz CT molecular complexity index is 801. The Balaban J connectivity index is 1.81. The minimum absolute atomic E-state index is 0.0829. The maximum Gasteiger partial charge on any atom is 0.243 e. The van der Waals surface area contributed by atoms with Crippen molar-refractivity contribution >= 4 is 23.2 Å². The molecule has 2 aromatic rings. The van der Waals surface area contributed by atoms with E-state index < -0.39 is 0 Å². The molecule has 0 spiro atoms. The molecule has 0 radical (unpaired) electrons. The Morgan fingerprint density at radius 1 is 1.11 bits per heavy atom. The van der Waals surface area contributed by atoms with Crippen LogP contribution < -0.4 is 15.4 Å². The lowest BCUT2D eigenvalue weighted by Crippen LogP contribution is -2.22. The normalized spacial score (nSPS) is 10.1. The molecule has 0 bridgehead atoms. The molecular weight excluding hydrogens is 354 g/mol. The average Bonchev–Trinajstić information content (AvgIpc) is 2.70. The van der Waals surface area contributed by atoms with Gasteiger partial charge in [0.05, 0.1) is 6.54 Å². The fraction of sp³-hybridized carbons (Fsp3) is 0.273. The van der Waals surface area contributed by atoms with Crippen LogP contribution in [0.4, 0.5) is 11.4 Å². The van der Waals surface area contributed by atoms with Gasteiger partial charge in [-0.1, -0.05) is 24.8 Å². The molecule has 148 valence electrons. The smallest absolute Gasteiger partial charge is 0.243 e. The van der Waals surface area contributed by atoms with Gasteiger partial charge in [-0.05, 0) is 48.4 Å². The van der Waals surface area contributed by atoms with Gasteiger partial charge in [0.1, 0.15) is 12.4 Å². The zero-order valence-electron chi connectivity index (χ0n) is 16.4. The molecule has 2 rings (SSSR count). The minimum atomic E-state index is -0.145. The summed E-state index contributed by atoms with van der Waals surface area (Å²) < 4.78 is 5.42. The van der Waals surface area contributed by atoms with Crippen LogP contribution in [0.15, 0.2) is 61.2 Å². The summed E-state index contributed by atoms with van der Waals surface area (Å²) in [5.74, 6) is 0.688. The fourth-order valence-electron chi connectivity index (χ4n) is 2.49. The van der Waals surface area contributed by atoms with Crippen LogP contribution in [0, 0.1) is 0 Å². The second kappa shape index (κ2) is 10.8. The predicted octanol–water partition coefficient (Wildman–Crippen LogP) is 3.32. The van der Waals surface area contributed by atoms with Crippen LogP contribution in [0.5, 0.6) is 5.75 Å². The Morgan fingerprint density at radius 3 is 2.54 bits per heavy atom. The van der Waals surface area contributed by atoms with E-state index in [0.717, 1.165) is 22.7 Å². The second-order valence-electron chi connectivity index (χ2n) is 6.51. The lowest BCUT2D eigenvalue weighted by atomic mass is 10.1. The molecule has 0 aliphatic rings. The summed E-state index contributed by atoms with van der Waals surface area (Å²) in [4.78, 5) is 25.5. The number of ether oxygens (including phenoxy) is 1. The van der Waals surface area contributed by atoms with E-state index in [1.807, 2.05) is 48.5 Å². The second-order valence-corrected chi connectivity index (χ2v) is 6.51. The highest BCUT2D eigenvalue weighted by Crippen LogP contribution is 2.16.